The number of aromatic nitrogens is 4. The van der Waals surface area contributed by atoms with E-state index in [0.29, 0.717) is 0 Å². The molecule has 0 atom stereocenters. The first-order valence-corrected chi connectivity index (χ1v) is 8.05. The predicted octanol–water partition coefficient (Wildman–Crippen LogP) is 4.24. The molecule has 4 aromatic rings. The number of aryl methyl sites for hydroxylation is 1. The Balaban J connectivity index is 1.86. The molecule has 0 saturated heterocycles. The lowest BCUT2D eigenvalue weighted by Crippen LogP contribution is -1.94. The van der Waals surface area contributed by atoms with Crippen LogP contribution in [0.15, 0.2) is 54.3 Å². The van der Waals surface area contributed by atoms with Crippen molar-refractivity contribution in [3.8, 4) is 22.5 Å². The fourth-order valence-corrected chi connectivity index (χ4v) is 3.37. The Labute approximate surface area is 132 Å². The minimum atomic E-state index is 0.864. The standard InChI is InChI=1S/C17H14N4S/c1-2-21-10-7-15(20-21)14-3-4-16-17(19-14)13(11-22-16)12-5-8-18-9-6-12/h3-11H,2H2,1H3. The predicted molar refractivity (Wildman–Crippen MR) is 89.7 cm³/mol. The zero-order valence-corrected chi connectivity index (χ0v) is 12.9. The van der Waals surface area contributed by atoms with Crippen LogP contribution in [0, 0.1) is 0 Å². The molecule has 0 spiro atoms. The molecular formula is C17H14N4S. The van der Waals surface area contributed by atoms with Crippen molar-refractivity contribution >= 4 is 21.6 Å². The summed E-state index contributed by atoms with van der Waals surface area (Å²) >= 11 is 1.71. The van der Waals surface area contributed by atoms with Gasteiger partial charge in [0.05, 0.1) is 15.9 Å². The average molecular weight is 306 g/mol. The summed E-state index contributed by atoms with van der Waals surface area (Å²) < 4.78 is 3.10. The molecule has 0 aromatic carbocycles. The van der Waals surface area contributed by atoms with Crippen molar-refractivity contribution in [2.75, 3.05) is 0 Å². The van der Waals surface area contributed by atoms with Gasteiger partial charge in [-0.2, -0.15) is 5.10 Å². The van der Waals surface area contributed by atoms with E-state index in [-0.39, 0.29) is 0 Å². The van der Waals surface area contributed by atoms with Crippen LogP contribution in [0.3, 0.4) is 0 Å². The van der Waals surface area contributed by atoms with Gasteiger partial charge in [0.1, 0.15) is 5.69 Å². The molecule has 4 rings (SSSR count). The lowest BCUT2D eigenvalue weighted by molar-refractivity contribution is 0.662. The summed E-state index contributed by atoms with van der Waals surface area (Å²) in [6, 6.07) is 10.2. The first-order valence-electron chi connectivity index (χ1n) is 7.17. The molecule has 4 aromatic heterocycles. The smallest absolute Gasteiger partial charge is 0.111 e. The van der Waals surface area contributed by atoms with Crippen LogP contribution in [0.25, 0.3) is 32.7 Å². The zero-order chi connectivity index (χ0) is 14.9. The summed E-state index contributed by atoms with van der Waals surface area (Å²) in [6.45, 7) is 2.94. The van der Waals surface area contributed by atoms with E-state index >= 15 is 0 Å². The Morgan fingerprint density at radius 3 is 2.68 bits per heavy atom. The molecule has 5 heteroatoms. The molecule has 0 aliphatic rings. The molecule has 0 saturated carbocycles. The molecule has 0 aliphatic heterocycles. The van der Waals surface area contributed by atoms with Crippen molar-refractivity contribution in [3.05, 3.63) is 54.3 Å². The van der Waals surface area contributed by atoms with Crippen molar-refractivity contribution in [2.45, 2.75) is 13.5 Å². The highest BCUT2D eigenvalue weighted by Crippen LogP contribution is 2.33. The molecule has 0 bridgehead atoms. The maximum absolute atomic E-state index is 4.84. The van der Waals surface area contributed by atoms with Gasteiger partial charge in [0, 0.05) is 36.1 Å². The summed E-state index contributed by atoms with van der Waals surface area (Å²) in [5, 5.41) is 6.69. The number of thiophene rings is 1. The van der Waals surface area contributed by atoms with Gasteiger partial charge < -0.3 is 0 Å². The van der Waals surface area contributed by atoms with E-state index in [0.717, 1.165) is 34.6 Å². The Bertz CT molecular complexity index is 924. The van der Waals surface area contributed by atoms with Crippen LogP contribution in [0.4, 0.5) is 0 Å². The molecule has 0 N–H and O–H groups in total. The second-order valence-corrected chi connectivity index (χ2v) is 5.90. The molecule has 108 valence electrons. The second-order valence-electron chi connectivity index (χ2n) is 4.99. The first-order chi connectivity index (χ1) is 10.8. The Kier molecular flexibility index (Phi) is 3.20. The van der Waals surface area contributed by atoms with E-state index in [1.54, 1.807) is 11.3 Å². The maximum atomic E-state index is 4.84. The van der Waals surface area contributed by atoms with Crippen LogP contribution >= 0.6 is 11.3 Å². The molecule has 4 nitrogen and oxygen atoms in total. The van der Waals surface area contributed by atoms with Gasteiger partial charge >= 0.3 is 0 Å². The van der Waals surface area contributed by atoms with Gasteiger partial charge in [-0.15, -0.1) is 11.3 Å². The van der Waals surface area contributed by atoms with Crippen LogP contribution in [0.1, 0.15) is 6.92 Å². The molecular weight excluding hydrogens is 292 g/mol. The molecule has 22 heavy (non-hydrogen) atoms. The minimum absolute atomic E-state index is 0.864. The highest BCUT2D eigenvalue weighted by Gasteiger charge is 2.11. The fourth-order valence-electron chi connectivity index (χ4n) is 2.47. The van der Waals surface area contributed by atoms with E-state index in [1.165, 1.54) is 4.70 Å². The zero-order valence-electron chi connectivity index (χ0n) is 12.1. The third kappa shape index (κ3) is 2.19. The topological polar surface area (TPSA) is 43.6 Å². The molecule has 0 fully saturated rings. The number of fused-ring (bicyclic) bond motifs is 1. The SMILES string of the molecule is CCn1ccc(-c2ccc3scc(-c4ccncc4)c3n2)n1. The van der Waals surface area contributed by atoms with Gasteiger partial charge in [0.2, 0.25) is 0 Å². The number of nitrogens with zero attached hydrogens (tertiary/aromatic N) is 4. The average Bonchev–Trinajstić information content (AvgIpc) is 3.22. The highest BCUT2D eigenvalue weighted by atomic mass is 32.1. The maximum Gasteiger partial charge on any atom is 0.111 e. The van der Waals surface area contributed by atoms with Crippen molar-refractivity contribution in [1.29, 1.82) is 0 Å². The van der Waals surface area contributed by atoms with E-state index in [9.17, 15) is 0 Å². The second kappa shape index (κ2) is 5.35. The molecule has 4 heterocycles. The largest absolute Gasteiger partial charge is 0.272 e. The van der Waals surface area contributed by atoms with Gasteiger partial charge in [0.25, 0.3) is 0 Å². The van der Waals surface area contributed by atoms with Gasteiger partial charge in [-0.3, -0.25) is 9.67 Å². The van der Waals surface area contributed by atoms with Crippen molar-refractivity contribution in [1.82, 2.24) is 19.7 Å². The van der Waals surface area contributed by atoms with E-state index < -0.39 is 0 Å². The Morgan fingerprint density at radius 1 is 1.05 bits per heavy atom. The summed E-state index contributed by atoms with van der Waals surface area (Å²) in [7, 11) is 0. The molecule has 0 radical (unpaired) electrons. The third-order valence-electron chi connectivity index (χ3n) is 3.64. The van der Waals surface area contributed by atoms with E-state index in [2.05, 4.69) is 28.5 Å². The van der Waals surface area contributed by atoms with Crippen LogP contribution in [-0.2, 0) is 6.54 Å². The summed E-state index contributed by atoms with van der Waals surface area (Å²) in [5.41, 5.74) is 5.15. The number of hydrogen-bond donors (Lipinski definition) is 0. The van der Waals surface area contributed by atoms with Crippen molar-refractivity contribution < 1.29 is 0 Å². The molecule has 0 unspecified atom stereocenters. The number of pyridine rings is 2. The van der Waals surface area contributed by atoms with Crippen LogP contribution in [0.2, 0.25) is 0 Å². The van der Waals surface area contributed by atoms with Gasteiger partial charge in [-0.05, 0) is 42.8 Å². The monoisotopic (exact) mass is 306 g/mol. The normalized spacial score (nSPS) is 11.1. The van der Waals surface area contributed by atoms with E-state index in [1.807, 2.05) is 47.5 Å². The quantitative estimate of drug-likeness (QED) is 0.568. The van der Waals surface area contributed by atoms with Crippen LogP contribution in [0.5, 0.6) is 0 Å². The summed E-state index contributed by atoms with van der Waals surface area (Å²) in [6.07, 6.45) is 5.61. The lowest BCUT2D eigenvalue weighted by Gasteiger charge is -2.01. The molecule has 0 amide bonds. The third-order valence-corrected chi connectivity index (χ3v) is 4.57. The molecule has 0 aliphatic carbocycles. The van der Waals surface area contributed by atoms with Crippen LogP contribution in [-0.4, -0.2) is 19.7 Å². The summed E-state index contributed by atoms with van der Waals surface area (Å²) in [5.74, 6) is 0. The number of hydrogen-bond acceptors (Lipinski definition) is 4. The van der Waals surface area contributed by atoms with Gasteiger partial charge in [0.15, 0.2) is 0 Å². The van der Waals surface area contributed by atoms with Crippen molar-refractivity contribution in [3.63, 3.8) is 0 Å². The summed E-state index contributed by atoms with van der Waals surface area (Å²) in [4.78, 5) is 8.93. The van der Waals surface area contributed by atoms with Crippen LogP contribution < -0.4 is 0 Å². The van der Waals surface area contributed by atoms with E-state index in [4.69, 9.17) is 4.98 Å². The Morgan fingerprint density at radius 2 is 1.91 bits per heavy atom. The van der Waals surface area contributed by atoms with Gasteiger partial charge in [-0.25, -0.2) is 4.98 Å². The van der Waals surface area contributed by atoms with Gasteiger partial charge in [-0.1, -0.05) is 0 Å². The fraction of sp³-hybridized carbons (Fsp3) is 0.118. The Hall–Kier alpha value is -2.53. The first kappa shape index (κ1) is 13.2. The lowest BCUT2D eigenvalue weighted by atomic mass is 10.1. The van der Waals surface area contributed by atoms with Crippen molar-refractivity contribution in [2.24, 2.45) is 0 Å². The number of rotatable bonds is 3. The minimum Gasteiger partial charge on any atom is -0.272 e. The highest BCUT2D eigenvalue weighted by molar-refractivity contribution is 7.17.